The van der Waals surface area contributed by atoms with Crippen LogP contribution in [0.1, 0.15) is 24.0 Å². The number of hydrogen-bond donors (Lipinski definition) is 1. The van der Waals surface area contributed by atoms with Crippen LogP contribution in [0.4, 0.5) is 0 Å². The van der Waals surface area contributed by atoms with Crippen LogP contribution in [0.5, 0.6) is 0 Å². The molecule has 3 rings (SSSR count). The summed E-state index contributed by atoms with van der Waals surface area (Å²) in [5, 5.41) is 9.52. The van der Waals surface area contributed by atoms with E-state index in [0.29, 0.717) is 11.3 Å². The van der Waals surface area contributed by atoms with Gasteiger partial charge in [-0.3, -0.25) is 4.98 Å². The normalized spacial score (nSPS) is 16.7. The third-order valence-corrected chi connectivity index (χ3v) is 4.06. The number of hydrogen-bond acceptors (Lipinski definition) is 6. The van der Waals surface area contributed by atoms with Gasteiger partial charge < -0.3 is 15.2 Å². The molecule has 1 aliphatic heterocycles. The van der Waals surface area contributed by atoms with Gasteiger partial charge in [0.1, 0.15) is 24.0 Å². The number of esters is 1. The lowest BCUT2D eigenvalue weighted by Crippen LogP contribution is -2.25. The molecule has 1 atom stereocenters. The molecular weight excluding hydrogens is 330 g/mol. The van der Waals surface area contributed by atoms with Crippen molar-refractivity contribution in [3.63, 3.8) is 0 Å². The minimum Gasteiger partial charge on any atom is -0.457 e. The maximum absolute atomic E-state index is 12.8. The van der Waals surface area contributed by atoms with E-state index in [4.69, 9.17) is 15.2 Å². The highest BCUT2D eigenvalue weighted by Gasteiger charge is 2.36. The van der Waals surface area contributed by atoms with Crippen molar-refractivity contribution in [2.45, 2.75) is 19.4 Å². The Morgan fingerprint density at radius 2 is 2.08 bits per heavy atom. The van der Waals surface area contributed by atoms with Crippen LogP contribution < -0.4 is 5.73 Å². The average molecular weight is 347 g/mol. The monoisotopic (exact) mass is 347 g/mol. The SMILES string of the molecule is CC1=C(C(=O)OCc2ccccc2)[C@@H](c2cccnc2)C(C#N)=C(N)O1. The summed E-state index contributed by atoms with van der Waals surface area (Å²) in [6.45, 7) is 1.75. The van der Waals surface area contributed by atoms with Gasteiger partial charge in [0.05, 0.1) is 11.5 Å². The highest BCUT2D eigenvalue weighted by Crippen LogP contribution is 2.39. The molecule has 2 N–H and O–H groups in total. The molecule has 1 aliphatic rings. The fourth-order valence-corrected chi connectivity index (χ4v) is 2.83. The minimum absolute atomic E-state index is 0.0153. The lowest BCUT2D eigenvalue weighted by Gasteiger charge is -2.26. The van der Waals surface area contributed by atoms with Gasteiger partial charge in [0.25, 0.3) is 0 Å². The van der Waals surface area contributed by atoms with E-state index in [1.807, 2.05) is 36.4 Å². The Kier molecular flexibility index (Phi) is 4.99. The molecule has 6 heteroatoms. The van der Waals surface area contributed by atoms with Gasteiger partial charge in [0.2, 0.25) is 5.88 Å². The number of aromatic nitrogens is 1. The van der Waals surface area contributed by atoms with Crippen LogP contribution in [0.2, 0.25) is 0 Å². The number of nitriles is 1. The molecule has 130 valence electrons. The zero-order valence-corrected chi connectivity index (χ0v) is 14.2. The van der Waals surface area contributed by atoms with Crippen molar-refractivity contribution in [1.29, 1.82) is 5.26 Å². The van der Waals surface area contributed by atoms with Gasteiger partial charge in [-0.1, -0.05) is 36.4 Å². The Labute approximate surface area is 151 Å². The maximum Gasteiger partial charge on any atom is 0.338 e. The molecule has 0 spiro atoms. The molecule has 0 fully saturated rings. The summed E-state index contributed by atoms with van der Waals surface area (Å²) < 4.78 is 10.9. The molecule has 6 nitrogen and oxygen atoms in total. The Morgan fingerprint density at radius 3 is 2.73 bits per heavy atom. The molecule has 2 heterocycles. The van der Waals surface area contributed by atoms with Crippen molar-refractivity contribution in [2.75, 3.05) is 0 Å². The summed E-state index contributed by atoms with van der Waals surface area (Å²) in [6, 6.07) is 14.9. The summed E-state index contributed by atoms with van der Waals surface area (Å²) in [5.41, 5.74) is 7.81. The molecule has 0 bridgehead atoms. The first-order valence-corrected chi connectivity index (χ1v) is 8.01. The van der Waals surface area contributed by atoms with Crippen LogP contribution in [0.15, 0.2) is 77.6 Å². The lowest BCUT2D eigenvalue weighted by molar-refractivity contribution is -0.140. The van der Waals surface area contributed by atoms with E-state index in [1.165, 1.54) is 0 Å². The zero-order chi connectivity index (χ0) is 18.5. The third kappa shape index (κ3) is 3.42. The van der Waals surface area contributed by atoms with Gasteiger partial charge in [0.15, 0.2) is 0 Å². The van der Waals surface area contributed by atoms with E-state index in [-0.39, 0.29) is 23.6 Å². The smallest absolute Gasteiger partial charge is 0.338 e. The standard InChI is InChI=1S/C20H17N3O3/c1-13-17(20(24)25-12-14-6-3-2-4-7-14)18(15-8-5-9-23-11-15)16(10-21)19(22)26-13/h2-9,11,18H,12,22H2,1H3/t18-/m0/s1. The van der Waals surface area contributed by atoms with Crippen LogP contribution in [0.3, 0.4) is 0 Å². The number of pyridine rings is 1. The van der Waals surface area contributed by atoms with Gasteiger partial charge >= 0.3 is 5.97 Å². The number of allylic oxidation sites excluding steroid dienone is 2. The number of carbonyl (C=O) groups excluding carboxylic acids is 1. The van der Waals surface area contributed by atoms with Crippen LogP contribution in [-0.2, 0) is 20.9 Å². The molecule has 0 aliphatic carbocycles. The second-order valence-electron chi connectivity index (χ2n) is 5.74. The van der Waals surface area contributed by atoms with E-state index < -0.39 is 11.9 Å². The predicted molar refractivity (Wildman–Crippen MR) is 93.8 cm³/mol. The van der Waals surface area contributed by atoms with Crippen LogP contribution in [0, 0.1) is 11.3 Å². The molecule has 0 amide bonds. The number of benzene rings is 1. The fourth-order valence-electron chi connectivity index (χ4n) is 2.83. The van der Waals surface area contributed by atoms with Gasteiger partial charge in [-0.25, -0.2) is 4.79 Å². The van der Waals surface area contributed by atoms with Crippen molar-refractivity contribution < 1.29 is 14.3 Å². The largest absolute Gasteiger partial charge is 0.457 e. The Hall–Kier alpha value is -3.59. The van der Waals surface area contributed by atoms with E-state index >= 15 is 0 Å². The molecular formula is C20H17N3O3. The van der Waals surface area contributed by atoms with E-state index in [2.05, 4.69) is 4.98 Å². The quantitative estimate of drug-likeness (QED) is 0.854. The third-order valence-electron chi connectivity index (χ3n) is 4.06. The highest BCUT2D eigenvalue weighted by atomic mass is 16.5. The molecule has 2 aromatic rings. The topological polar surface area (TPSA) is 98.2 Å². The fraction of sp³-hybridized carbons (Fsp3) is 0.150. The average Bonchev–Trinajstić information content (AvgIpc) is 2.67. The van der Waals surface area contributed by atoms with E-state index in [0.717, 1.165) is 5.56 Å². The van der Waals surface area contributed by atoms with E-state index in [9.17, 15) is 10.1 Å². The molecule has 0 saturated heterocycles. The number of rotatable bonds is 4. The number of ether oxygens (including phenoxy) is 2. The van der Waals surface area contributed by atoms with Crippen molar-refractivity contribution in [3.8, 4) is 6.07 Å². The molecule has 0 radical (unpaired) electrons. The summed E-state index contributed by atoms with van der Waals surface area (Å²) in [4.78, 5) is 16.9. The van der Waals surface area contributed by atoms with Gasteiger partial charge in [-0.05, 0) is 24.1 Å². The first-order chi connectivity index (χ1) is 12.6. The van der Waals surface area contributed by atoms with Crippen molar-refractivity contribution >= 4 is 5.97 Å². The number of nitrogens with zero attached hydrogens (tertiary/aromatic N) is 2. The van der Waals surface area contributed by atoms with Crippen molar-refractivity contribution in [1.82, 2.24) is 4.98 Å². The second kappa shape index (κ2) is 7.53. The van der Waals surface area contributed by atoms with Gasteiger partial charge in [0, 0.05) is 12.4 Å². The first kappa shape index (κ1) is 17.2. The summed E-state index contributed by atoms with van der Waals surface area (Å²) in [6.07, 6.45) is 3.21. The van der Waals surface area contributed by atoms with Gasteiger partial charge in [-0.15, -0.1) is 0 Å². The number of carbonyl (C=O) groups is 1. The Balaban J connectivity index is 1.93. The number of nitrogens with two attached hydrogens (primary N) is 1. The molecule has 26 heavy (non-hydrogen) atoms. The minimum atomic E-state index is -0.675. The molecule has 1 aromatic heterocycles. The zero-order valence-electron chi connectivity index (χ0n) is 14.2. The summed E-state index contributed by atoms with van der Waals surface area (Å²) >= 11 is 0. The molecule has 0 saturated carbocycles. The predicted octanol–water partition coefficient (Wildman–Crippen LogP) is 2.91. The molecule has 1 aromatic carbocycles. The first-order valence-electron chi connectivity index (χ1n) is 8.01. The van der Waals surface area contributed by atoms with Crippen molar-refractivity contribution in [3.05, 3.63) is 88.8 Å². The molecule has 0 unspecified atom stereocenters. The van der Waals surface area contributed by atoms with Crippen LogP contribution >= 0.6 is 0 Å². The lowest BCUT2D eigenvalue weighted by atomic mass is 9.84. The summed E-state index contributed by atoms with van der Waals surface area (Å²) in [5.74, 6) is -0.932. The van der Waals surface area contributed by atoms with Crippen molar-refractivity contribution in [2.24, 2.45) is 5.73 Å². The highest BCUT2D eigenvalue weighted by molar-refractivity contribution is 5.92. The van der Waals surface area contributed by atoms with E-state index in [1.54, 1.807) is 31.5 Å². The Morgan fingerprint density at radius 1 is 1.31 bits per heavy atom. The van der Waals surface area contributed by atoms with Crippen LogP contribution in [0.25, 0.3) is 0 Å². The second-order valence-corrected chi connectivity index (χ2v) is 5.74. The summed E-state index contributed by atoms with van der Waals surface area (Å²) in [7, 11) is 0. The maximum atomic E-state index is 12.8. The van der Waals surface area contributed by atoms with Gasteiger partial charge in [-0.2, -0.15) is 5.26 Å². The van der Waals surface area contributed by atoms with Crippen LogP contribution in [-0.4, -0.2) is 11.0 Å². The Bertz CT molecular complexity index is 912.